The van der Waals surface area contributed by atoms with Crippen LogP contribution in [0.5, 0.6) is 0 Å². The van der Waals surface area contributed by atoms with Crippen LogP contribution in [0.1, 0.15) is 18.1 Å². The maximum atomic E-state index is 10.5. The smallest absolute Gasteiger partial charge is 0.187 e. The van der Waals surface area contributed by atoms with Crippen LogP contribution in [0.3, 0.4) is 0 Å². The largest absolute Gasteiger partial charge is 0.394 e. The van der Waals surface area contributed by atoms with Gasteiger partial charge in [0.25, 0.3) is 0 Å². The SMILES string of the molecule is Cc1ccc(NCC(O)C(O)C(OC2OC(C)C(O)C(O)C2O)C(O)CO)c(C)c1. The molecule has 9 atom stereocenters. The van der Waals surface area contributed by atoms with Crippen molar-refractivity contribution in [2.75, 3.05) is 18.5 Å². The summed E-state index contributed by atoms with van der Waals surface area (Å²) < 4.78 is 10.7. The maximum Gasteiger partial charge on any atom is 0.187 e. The molecule has 0 bridgehead atoms. The number of nitrogens with one attached hydrogen (secondary N) is 1. The van der Waals surface area contributed by atoms with Crippen molar-refractivity contribution in [3.63, 3.8) is 0 Å². The zero-order valence-electron chi connectivity index (χ0n) is 17.3. The Labute approximate surface area is 175 Å². The van der Waals surface area contributed by atoms with E-state index in [4.69, 9.17) is 9.47 Å². The molecule has 1 aromatic rings. The fourth-order valence-electron chi connectivity index (χ4n) is 3.35. The van der Waals surface area contributed by atoms with Crippen LogP contribution in [0.4, 0.5) is 5.69 Å². The molecule has 10 nitrogen and oxygen atoms in total. The summed E-state index contributed by atoms with van der Waals surface area (Å²) in [4.78, 5) is 0. The van der Waals surface area contributed by atoms with Crippen LogP contribution in [0.25, 0.3) is 0 Å². The predicted molar refractivity (Wildman–Crippen MR) is 107 cm³/mol. The summed E-state index contributed by atoms with van der Waals surface area (Å²) in [6.45, 7) is 4.42. The molecular formula is C20H33NO9. The standard InChI is InChI=1S/C20H33NO9/c1-9-4-5-12(10(2)6-9)21-7-13(23)16(26)19(14(24)8-22)30-20-18(28)17(27)15(25)11(3)29-20/h4-6,11,13-28H,7-8H2,1-3H3. The van der Waals surface area contributed by atoms with Crippen LogP contribution >= 0.6 is 0 Å². The summed E-state index contributed by atoms with van der Waals surface area (Å²) in [5.41, 5.74) is 2.77. The van der Waals surface area contributed by atoms with E-state index in [9.17, 15) is 35.7 Å². The highest BCUT2D eigenvalue weighted by Gasteiger charge is 2.45. The van der Waals surface area contributed by atoms with Gasteiger partial charge in [0.05, 0.1) is 18.8 Å². The molecule has 0 aliphatic carbocycles. The molecule has 10 heteroatoms. The average Bonchev–Trinajstić information content (AvgIpc) is 2.71. The number of rotatable bonds is 9. The number of benzene rings is 1. The van der Waals surface area contributed by atoms with Crippen molar-refractivity contribution in [1.82, 2.24) is 0 Å². The summed E-state index contributed by atoms with van der Waals surface area (Å²) in [5, 5.41) is 73.1. The molecule has 9 unspecified atom stereocenters. The van der Waals surface area contributed by atoms with Gasteiger partial charge in [-0.3, -0.25) is 0 Å². The summed E-state index contributed by atoms with van der Waals surface area (Å²) >= 11 is 0. The third kappa shape index (κ3) is 5.88. The van der Waals surface area contributed by atoms with E-state index in [1.807, 2.05) is 32.0 Å². The highest BCUT2D eigenvalue weighted by atomic mass is 16.7. The molecule has 2 rings (SSSR count). The zero-order chi connectivity index (χ0) is 22.6. The molecule has 1 saturated heterocycles. The molecule has 0 aromatic heterocycles. The van der Waals surface area contributed by atoms with E-state index >= 15 is 0 Å². The maximum absolute atomic E-state index is 10.5. The second kappa shape index (κ2) is 10.8. The van der Waals surface area contributed by atoms with Gasteiger partial charge in [0.15, 0.2) is 6.29 Å². The minimum Gasteiger partial charge on any atom is -0.394 e. The van der Waals surface area contributed by atoms with Crippen molar-refractivity contribution in [1.29, 1.82) is 0 Å². The van der Waals surface area contributed by atoms with E-state index in [-0.39, 0.29) is 6.54 Å². The van der Waals surface area contributed by atoms with Crippen LogP contribution in [0, 0.1) is 13.8 Å². The van der Waals surface area contributed by atoms with Crippen molar-refractivity contribution in [3.8, 4) is 0 Å². The molecule has 1 aromatic carbocycles. The Kier molecular flexibility index (Phi) is 8.98. The summed E-state index contributed by atoms with van der Waals surface area (Å²) in [7, 11) is 0. The van der Waals surface area contributed by atoms with Crippen LogP contribution in [-0.4, -0.2) is 104 Å². The number of anilines is 1. The lowest BCUT2D eigenvalue weighted by atomic mass is 9.99. The molecule has 0 saturated carbocycles. The minimum atomic E-state index is -1.67. The molecular weight excluding hydrogens is 398 g/mol. The number of hydrogen-bond donors (Lipinski definition) is 8. The molecule has 0 spiro atoms. The molecule has 30 heavy (non-hydrogen) atoms. The van der Waals surface area contributed by atoms with Crippen LogP contribution in [0.2, 0.25) is 0 Å². The lowest BCUT2D eigenvalue weighted by molar-refractivity contribution is -0.321. The van der Waals surface area contributed by atoms with E-state index in [0.717, 1.165) is 16.8 Å². The first kappa shape index (κ1) is 24.9. The second-order valence-corrected chi connectivity index (χ2v) is 7.79. The number of hydrogen-bond acceptors (Lipinski definition) is 10. The topological polar surface area (TPSA) is 172 Å². The van der Waals surface area contributed by atoms with Crippen LogP contribution in [0.15, 0.2) is 18.2 Å². The number of aryl methyl sites for hydroxylation is 2. The normalized spacial score (nSPS) is 31.1. The fourth-order valence-corrected chi connectivity index (χ4v) is 3.35. The van der Waals surface area contributed by atoms with Gasteiger partial charge < -0.3 is 50.5 Å². The Balaban J connectivity index is 2.06. The highest BCUT2D eigenvalue weighted by molar-refractivity contribution is 5.51. The lowest BCUT2D eigenvalue weighted by Gasteiger charge is -2.41. The Morgan fingerprint density at radius 3 is 2.30 bits per heavy atom. The van der Waals surface area contributed by atoms with E-state index in [1.165, 1.54) is 6.92 Å². The molecule has 8 N–H and O–H groups in total. The third-order valence-electron chi connectivity index (χ3n) is 5.28. The quantitative estimate of drug-likeness (QED) is 0.219. The van der Waals surface area contributed by atoms with E-state index in [0.29, 0.717) is 0 Å². The van der Waals surface area contributed by atoms with Gasteiger partial charge in [0.1, 0.15) is 36.6 Å². The molecule has 1 aliphatic heterocycles. The average molecular weight is 431 g/mol. The summed E-state index contributed by atoms with van der Waals surface area (Å²) in [5.74, 6) is 0. The monoisotopic (exact) mass is 431 g/mol. The van der Waals surface area contributed by atoms with Gasteiger partial charge in [-0.1, -0.05) is 17.7 Å². The summed E-state index contributed by atoms with van der Waals surface area (Å²) in [6.07, 6.45) is -13.2. The molecule has 1 heterocycles. The predicted octanol–water partition coefficient (Wildman–Crippen LogP) is -2.00. The Morgan fingerprint density at radius 1 is 1.03 bits per heavy atom. The second-order valence-electron chi connectivity index (χ2n) is 7.79. The first-order valence-corrected chi connectivity index (χ1v) is 9.88. The van der Waals surface area contributed by atoms with E-state index < -0.39 is 61.7 Å². The highest BCUT2D eigenvalue weighted by Crippen LogP contribution is 2.25. The van der Waals surface area contributed by atoms with Crippen LogP contribution in [-0.2, 0) is 9.47 Å². The minimum absolute atomic E-state index is 0.0884. The molecule has 1 fully saturated rings. The first-order chi connectivity index (χ1) is 14.1. The van der Waals surface area contributed by atoms with Crippen molar-refractivity contribution < 1.29 is 45.2 Å². The van der Waals surface area contributed by atoms with Crippen molar-refractivity contribution in [2.24, 2.45) is 0 Å². The number of aliphatic hydroxyl groups excluding tert-OH is 7. The lowest BCUT2D eigenvalue weighted by Crippen LogP contribution is -2.60. The van der Waals surface area contributed by atoms with Crippen molar-refractivity contribution in [3.05, 3.63) is 29.3 Å². The zero-order valence-corrected chi connectivity index (χ0v) is 17.3. The number of aliphatic hydroxyl groups is 7. The molecule has 0 amide bonds. The van der Waals surface area contributed by atoms with Gasteiger partial charge in [-0.2, -0.15) is 0 Å². The van der Waals surface area contributed by atoms with Gasteiger partial charge in [0.2, 0.25) is 0 Å². The Bertz CT molecular complexity index is 676. The van der Waals surface area contributed by atoms with Gasteiger partial charge in [-0.05, 0) is 32.4 Å². The molecule has 1 aliphatic rings. The van der Waals surface area contributed by atoms with Gasteiger partial charge in [0, 0.05) is 12.2 Å². The van der Waals surface area contributed by atoms with Gasteiger partial charge in [-0.25, -0.2) is 0 Å². The van der Waals surface area contributed by atoms with Crippen LogP contribution < -0.4 is 5.32 Å². The van der Waals surface area contributed by atoms with Gasteiger partial charge >= 0.3 is 0 Å². The molecule has 172 valence electrons. The Hall–Kier alpha value is -1.34. The van der Waals surface area contributed by atoms with Crippen molar-refractivity contribution >= 4 is 5.69 Å². The third-order valence-corrected chi connectivity index (χ3v) is 5.28. The number of ether oxygens (including phenoxy) is 2. The Morgan fingerprint density at radius 2 is 1.70 bits per heavy atom. The first-order valence-electron chi connectivity index (χ1n) is 9.88. The van der Waals surface area contributed by atoms with Gasteiger partial charge in [-0.15, -0.1) is 0 Å². The summed E-state index contributed by atoms with van der Waals surface area (Å²) in [6, 6.07) is 5.68. The molecule has 0 radical (unpaired) electrons. The van der Waals surface area contributed by atoms with Crippen molar-refractivity contribution in [2.45, 2.75) is 75.9 Å². The van der Waals surface area contributed by atoms with E-state index in [1.54, 1.807) is 0 Å². The van der Waals surface area contributed by atoms with E-state index in [2.05, 4.69) is 5.32 Å². The fraction of sp³-hybridized carbons (Fsp3) is 0.700.